The van der Waals surface area contributed by atoms with Crippen molar-refractivity contribution < 1.29 is 8.98 Å². The van der Waals surface area contributed by atoms with Crippen LogP contribution >= 0.6 is 0 Å². The SMILES string of the molecule is Cc1cc2c(oc3cccc(C)c32)c(C#N)c1-c1cccc[n+]1C. The lowest BCUT2D eigenvalue weighted by atomic mass is 9.95. The first-order chi connectivity index (χ1) is 11.6. The minimum Gasteiger partial charge on any atom is -0.455 e. The number of aryl methyl sites for hydroxylation is 3. The summed E-state index contributed by atoms with van der Waals surface area (Å²) in [6.45, 7) is 4.13. The molecule has 24 heavy (non-hydrogen) atoms. The molecule has 116 valence electrons. The Morgan fingerprint density at radius 3 is 2.62 bits per heavy atom. The summed E-state index contributed by atoms with van der Waals surface area (Å²) >= 11 is 0. The van der Waals surface area contributed by atoms with Gasteiger partial charge in [-0.1, -0.05) is 12.1 Å². The summed E-state index contributed by atoms with van der Waals surface area (Å²) in [6, 6.07) is 16.5. The lowest BCUT2D eigenvalue weighted by Crippen LogP contribution is -2.30. The van der Waals surface area contributed by atoms with Gasteiger partial charge in [0.1, 0.15) is 24.3 Å². The molecule has 4 aromatic rings. The smallest absolute Gasteiger partial charge is 0.214 e. The normalized spacial score (nSPS) is 11.1. The summed E-state index contributed by atoms with van der Waals surface area (Å²) in [5, 5.41) is 12.0. The maximum Gasteiger partial charge on any atom is 0.214 e. The van der Waals surface area contributed by atoms with Gasteiger partial charge in [-0.05, 0) is 43.2 Å². The summed E-state index contributed by atoms with van der Waals surface area (Å²) in [6.07, 6.45) is 1.99. The molecule has 0 unspecified atom stereocenters. The van der Waals surface area contributed by atoms with Crippen molar-refractivity contribution in [3.63, 3.8) is 0 Å². The van der Waals surface area contributed by atoms with Crippen LogP contribution in [0.15, 0.2) is 53.1 Å². The summed E-state index contributed by atoms with van der Waals surface area (Å²) in [7, 11) is 1.99. The number of hydrogen-bond acceptors (Lipinski definition) is 2. The number of hydrogen-bond donors (Lipinski definition) is 0. The number of nitrogens with zero attached hydrogens (tertiary/aromatic N) is 2. The number of furan rings is 1. The van der Waals surface area contributed by atoms with Gasteiger partial charge in [0.25, 0.3) is 0 Å². The second-order valence-corrected chi connectivity index (χ2v) is 6.18. The first-order valence-electron chi connectivity index (χ1n) is 7.92. The highest BCUT2D eigenvalue weighted by Crippen LogP contribution is 2.38. The molecule has 0 spiro atoms. The molecule has 2 heterocycles. The zero-order chi connectivity index (χ0) is 16.8. The van der Waals surface area contributed by atoms with E-state index in [2.05, 4.69) is 32.0 Å². The van der Waals surface area contributed by atoms with E-state index in [1.165, 1.54) is 0 Å². The molecule has 3 heteroatoms. The van der Waals surface area contributed by atoms with Gasteiger partial charge < -0.3 is 4.42 Å². The molecule has 3 nitrogen and oxygen atoms in total. The highest BCUT2D eigenvalue weighted by atomic mass is 16.3. The second kappa shape index (κ2) is 5.21. The van der Waals surface area contributed by atoms with Gasteiger partial charge in [0.15, 0.2) is 11.8 Å². The van der Waals surface area contributed by atoms with E-state index in [4.69, 9.17) is 4.42 Å². The second-order valence-electron chi connectivity index (χ2n) is 6.18. The van der Waals surface area contributed by atoms with Crippen molar-refractivity contribution >= 4 is 21.9 Å². The lowest BCUT2D eigenvalue weighted by molar-refractivity contribution is -0.660. The zero-order valence-electron chi connectivity index (χ0n) is 13.9. The molecule has 0 fully saturated rings. The Kier molecular flexibility index (Phi) is 3.14. The van der Waals surface area contributed by atoms with Crippen LogP contribution in [-0.4, -0.2) is 0 Å². The molecule has 2 aromatic heterocycles. The average molecular weight is 313 g/mol. The van der Waals surface area contributed by atoms with Crippen LogP contribution in [0, 0.1) is 25.2 Å². The van der Waals surface area contributed by atoms with Gasteiger partial charge in [-0.15, -0.1) is 0 Å². The molecule has 0 radical (unpaired) electrons. The van der Waals surface area contributed by atoms with Gasteiger partial charge in [-0.25, -0.2) is 4.57 Å². The van der Waals surface area contributed by atoms with Crippen LogP contribution in [0.25, 0.3) is 33.2 Å². The standard InChI is InChI=1S/C21H17N2O/c1-13-7-6-9-18-20(13)15-11-14(2)19(16(12-22)21(15)24-18)17-8-4-5-10-23(17)3/h4-11H,1-3H3/q+1. The van der Waals surface area contributed by atoms with Crippen molar-refractivity contribution in [2.75, 3.05) is 0 Å². The fraction of sp³-hybridized carbons (Fsp3) is 0.143. The summed E-state index contributed by atoms with van der Waals surface area (Å²) < 4.78 is 8.11. The third kappa shape index (κ3) is 1.93. The molecule has 0 atom stereocenters. The number of rotatable bonds is 1. The van der Waals surface area contributed by atoms with Crippen LogP contribution in [0.4, 0.5) is 0 Å². The Morgan fingerprint density at radius 2 is 1.88 bits per heavy atom. The Morgan fingerprint density at radius 1 is 1.04 bits per heavy atom. The fourth-order valence-corrected chi connectivity index (χ4v) is 3.49. The van der Waals surface area contributed by atoms with Crippen LogP contribution in [-0.2, 0) is 7.05 Å². The van der Waals surface area contributed by atoms with Gasteiger partial charge in [-0.3, -0.25) is 0 Å². The zero-order valence-corrected chi connectivity index (χ0v) is 13.9. The Balaban J connectivity index is 2.20. The molecule has 2 aromatic carbocycles. The van der Waals surface area contributed by atoms with Crippen molar-refractivity contribution in [1.82, 2.24) is 0 Å². The molecular formula is C21H17N2O+. The molecule has 0 aliphatic rings. The summed E-state index contributed by atoms with van der Waals surface area (Å²) in [5.41, 5.74) is 6.28. The maximum atomic E-state index is 9.87. The monoisotopic (exact) mass is 313 g/mol. The molecule has 0 amide bonds. The van der Waals surface area contributed by atoms with Crippen molar-refractivity contribution in [2.24, 2.45) is 7.05 Å². The van der Waals surface area contributed by atoms with Crippen molar-refractivity contribution in [3.05, 3.63) is 65.4 Å². The molecule has 0 N–H and O–H groups in total. The van der Waals surface area contributed by atoms with E-state index in [-0.39, 0.29) is 0 Å². The number of aromatic nitrogens is 1. The van der Waals surface area contributed by atoms with Gasteiger partial charge >= 0.3 is 0 Å². The molecule has 4 rings (SSSR count). The van der Waals surface area contributed by atoms with Gasteiger partial charge in [-0.2, -0.15) is 5.26 Å². The largest absolute Gasteiger partial charge is 0.455 e. The number of benzene rings is 2. The lowest BCUT2D eigenvalue weighted by Gasteiger charge is -2.07. The van der Waals surface area contributed by atoms with Gasteiger partial charge in [0.2, 0.25) is 5.69 Å². The minimum atomic E-state index is 0.599. The topological polar surface area (TPSA) is 40.8 Å². The highest BCUT2D eigenvalue weighted by molar-refractivity contribution is 6.10. The van der Waals surface area contributed by atoms with Crippen LogP contribution in [0.5, 0.6) is 0 Å². The highest BCUT2D eigenvalue weighted by Gasteiger charge is 2.23. The number of nitriles is 1. The Hall–Kier alpha value is -3.12. The van der Waals surface area contributed by atoms with Gasteiger partial charge in [0.05, 0.1) is 5.56 Å². The first-order valence-corrected chi connectivity index (χ1v) is 7.92. The maximum absolute atomic E-state index is 9.87. The minimum absolute atomic E-state index is 0.599. The third-order valence-corrected chi connectivity index (χ3v) is 4.62. The quantitative estimate of drug-likeness (QED) is 0.483. The predicted molar refractivity (Wildman–Crippen MR) is 94.5 cm³/mol. The molecule has 0 saturated heterocycles. The van der Waals surface area contributed by atoms with E-state index in [1.807, 2.05) is 48.1 Å². The molecule has 0 aliphatic carbocycles. The van der Waals surface area contributed by atoms with E-state index in [9.17, 15) is 5.26 Å². The van der Waals surface area contributed by atoms with Crippen molar-refractivity contribution in [1.29, 1.82) is 5.26 Å². The summed E-state index contributed by atoms with van der Waals surface area (Å²) in [4.78, 5) is 0. The van der Waals surface area contributed by atoms with Crippen LogP contribution in [0.3, 0.4) is 0 Å². The van der Waals surface area contributed by atoms with E-state index in [1.54, 1.807) is 0 Å². The van der Waals surface area contributed by atoms with Gasteiger partial charge in [0, 0.05) is 22.9 Å². The Labute approximate surface area is 140 Å². The molecule has 0 bridgehead atoms. The van der Waals surface area contributed by atoms with Crippen LogP contribution in [0.2, 0.25) is 0 Å². The molecular weight excluding hydrogens is 296 g/mol. The van der Waals surface area contributed by atoms with Crippen LogP contribution < -0.4 is 4.57 Å². The summed E-state index contributed by atoms with van der Waals surface area (Å²) in [5.74, 6) is 0. The number of pyridine rings is 1. The van der Waals surface area contributed by atoms with E-state index >= 15 is 0 Å². The average Bonchev–Trinajstić information content (AvgIpc) is 2.94. The van der Waals surface area contributed by atoms with Crippen molar-refractivity contribution in [3.8, 4) is 17.3 Å². The first kappa shape index (κ1) is 14.5. The van der Waals surface area contributed by atoms with Crippen LogP contribution in [0.1, 0.15) is 16.7 Å². The predicted octanol–water partition coefficient (Wildman–Crippen LogP) is 4.57. The number of fused-ring (bicyclic) bond motifs is 3. The molecule has 0 aliphatic heterocycles. The third-order valence-electron chi connectivity index (χ3n) is 4.62. The van der Waals surface area contributed by atoms with E-state index < -0.39 is 0 Å². The fourth-order valence-electron chi connectivity index (χ4n) is 3.49. The van der Waals surface area contributed by atoms with E-state index in [0.717, 1.165) is 38.7 Å². The molecule has 0 saturated carbocycles. The van der Waals surface area contributed by atoms with Crippen molar-refractivity contribution in [2.45, 2.75) is 13.8 Å². The Bertz CT molecular complexity index is 1150. The van der Waals surface area contributed by atoms with E-state index in [0.29, 0.717) is 11.1 Å².